The molecule has 2 aliphatic rings. The summed E-state index contributed by atoms with van der Waals surface area (Å²) in [6, 6.07) is 3.73. The van der Waals surface area contributed by atoms with E-state index in [1.165, 1.54) is 18.9 Å². The van der Waals surface area contributed by atoms with E-state index in [-0.39, 0.29) is 17.3 Å². The van der Waals surface area contributed by atoms with E-state index in [9.17, 15) is 4.39 Å². The van der Waals surface area contributed by atoms with Crippen molar-refractivity contribution < 1.29 is 9.13 Å². The fourth-order valence-corrected chi connectivity index (χ4v) is 4.70. The molecule has 3 rings (SSSR count). The monoisotopic (exact) mass is 291 g/mol. The molecule has 3 unspecified atom stereocenters. The van der Waals surface area contributed by atoms with Crippen LogP contribution < -0.4 is 10.5 Å². The van der Waals surface area contributed by atoms with E-state index in [2.05, 4.69) is 13.0 Å². The maximum absolute atomic E-state index is 14.6. The van der Waals surface area contributed by atoms with Gasteiger partial charge in [-0.1, -0.05) is 26.2 Å². The van der Waals surface area contributed by atoms with E-state index in [0.717, 1.165) is 43.2 Å². The van der Waals surface area contributed by atoms with Crippen molar-refractivity contribution in [2.75, 3.05) is 7.11 Å². The molecule has 3 heteroatoms. The van der Waals surface area contributed by atoms with Crippen LogP contribution in [0.5, 0.6) is 5.75 Å². The normalized spacial score (nSPS) is 31.4. The first-order chi connectivity index (χ1) is 10.1. The summed E-state index contributed by atoms with van der Waals surface area (Å²) in [6.45, 7) is 2.20. The lowest BCUT2D eigenvalue weighted by Crippen LogP contribution is -2.53. The van der Waals surface area contributed by atoms with Crippen molar-refractivity contribution in [3.8, 4) is 5.75 Å². The molecule has 0 heterocycles. The Morgan fingerprint density at radius 3 is 2.90 bits per heavy atom. The third kappa shape index (κ3) is 2.26. The molecule has 2 nitrogen and oxygen atoms in total. The van der Waals surface area contributed by atoms with Gasteiger partial charge in [0.1, 0.15) is 11.6 Å². The van der Waals surface area contributed by atoms with Crippen LogP contribution in [0.25, 0.3) is 0 Å². The van der Waals surface area contributed by atoms with Gasteiger partial charge in [-0.2, -0.15) is 0 Å². The number of halogens is 1. The van der Waals surface area contributed by atoms with Gasteiger partial charge in [-0.15, -0.1) is 0 Å². The first kappa shape index (κ1) is 14.8. The zero-order valence-electron chi connectivity index (χ0n) is 13.1. The van der Waals surface area contributed by atoms with Gasteiger partial charge in [0.25, 0.3) is 0 Å². The highest BCUT2D eigenvalue weighted by atomic mass is 19.1. The molecule has 2 bridgehead atoms. The Kier molecular flexibility index (Phi) is 3.96. The number of methoxy groups -OCH3 is 1. The van der Waals surface area contributed by atoms with E-state index in [0.29, 0.717) is 11.7 Å². The van der Waals surface area contributed by atoms with Crippen LogP contribution in [-0.2, 0) is 11.8 Å². The van der Waals surface area contributed by atoms with Crippen LogP contribution in [0.15, 0.2) is 12.1 Å². The molecule has 2 N–H and O–H groups in total. The summed E-state index contributed by atoms with van der Waals surface area (Å²) in [5.74, 6) is 0.940. The second-order valence-electron chi connectivity index (χ2n) is 6.78. The van der Waals surface area contributed by atoms with Crippen molar-refractivity contribution in [2.24, 2.45) is 11.7 Å². The first-order valence-electron chi connectivity index (χ1n) is 8.25. The molecule has 1 aromatic rings. The number of hydrogen-bond donors (Lipinski definition) is 1. The third-order valence-corrected chi connectivity index (χ3v) is 5.70. The van der Waals surface area contributed by atoms with Gasteiger partial charge in [0.2, 0.25) is 0 Å². The van der Waals surface area contributed by atoms with Crippen LogP contribution in [0.4, 0.5) is 4.39 Å². The zero-order valence-corrected chi connectivity index (χ0v) is 13.1. The van der Waals surface area contributed by atoms with Gasteiger partial charge in [0, 0.05) is 17.5 Å². The summed E-state index contributed by atoms with van der Waals surface area (Å²) >= 11 is 0. The molecule has 1 fully saturated rings. The molecule has 1 saturated carbocycles. The fourth-order valence-electron chi connectivity index (χ4n) is 4.70. The Labute approximate surface area is 126 Å². The molecule has 0 radical (unpaired) electrons. The molecular weight excluding hydrogens is 265 g/mol. The highest BCUT2D eigenvalue weighted by Crippen LogP contribution is 2.50. The summed E-state index contributed by atoms with van der Waals surface area (Å²) < 4.78 is 19.9. The SMILES string of the molecule is CCCC12CCCCC(Cc3c(F)cc(OC)cc31)C2N. The molecule has 1 aromatic carbocycles. The van der Waals surface area contributed by atoms with Crippen molar-refractivity contribution in [3.63, 3.8) is 0 Å². The lowest BCUT2D eigenvalue weighted by atomic mass is 9.60. The van der Waals surface area contributed by atoms with Gasteiger partial charge in [-0.25, -0.2) is 4.39 Å². The maximum Gasteiger partial charge on any atom is 0.130 e. The van der Waals surface area contributed by atoms with Crippen molar-refractivity contribution >= 4 is 0 Å². The minimum absolute atomic E-state index is 0.0567. The van der Waals surface area contributed by atoms with E-state index in [1.807, 2.05) is 0 Å². The van der Waals surface area contributed by atoms with Gasteiger partial charge < -0.3 is 10.5 Å². The number of benzene rings is 1. The van der Waals surface area contributed by atoms with Crippen molar-refractivity contribution in [1.29, 1.82) is 0 Å². The topological polar surface area (TPSA) is 35.2 Å². The van der Waals surface area contributed by atoms with Crippen LogP contribution in [-0.4, -0.2) is 13.2 Å². The molecule has 0 spiro atoms. The fraction of sp³-hybridized carbons (Fsp3) is 0.667. The van der Waals surface area contributed by atoms with Gasteiger partial charge in [0.05, 0.1) is 7.11 Å². The van der Waals surface area contributed by atoms with Crippen LogP contribution in [0, 0.1) is 11.7 Å². The van der Waals surface area contributed by atoms with E-state index in [1.54, 1.807) is 7.11 Å². The van der Waals surface area contributed by atoms with Crippen molar-refractivity contribution in [1.82, 2.24) is 0 Å². The second-order valence-corrected chi connectivity index (χ2v) is 6.78. The quantitative estimate of drug-likeness (QED) is 0.915. The zero-order chi connectivity index (χ0) is 15.0. The lowest BCUT2D eigenvalue weighted by Gasteiger charge is -2.47. The van der Waals surface area contributed by atoms with Crippen molar-refractivity contribution in [3.05, 3.63) is 29.1 Å². The summed E-state index contributed by atoms with van der Waals surface area (Å²) in [6.07, 6.45) is 7.55. The molecule has 3 atom stereocenters. The Morgan fingerprint density at radius 1 is 1.38 bits per heavy atom. The first-order valence-corrected chi connectivity index (χ1v) is 8.25. The summed E-state index contributed by atoms with van der Waals surface area (Å²) in [4.78, 5) is 0. The molecule has 0 saturated heterocycles. The van der Waals surface area contributed by atoms with Gasteiger partial charge in [0.15, 0.2) is 0 Å². The standard InChI is InChI=1S/C18H26FNO/c1-3-7-18-8-5-4-6-12(17(18)20)9-14-15(18)10-13(21-2)11-16(14)19/h10-12,17H,3-9,20H2,1-2H3. The van der Waals surface area contributed by atoms with E-state index in [4.69, 9.17) is 10.5 Å². The highest BCUT2D eigenvalue weighted by molar-refractivity contribution is 5.46. The Bertz CT molecular complexity index is 530. The Morgan fingerprint density at radius 2 is 2.19 bits per heavy atom. The molecule has 116 valence electrons. The molecule has 21 heavy (non-hydrogen) atoms. The van der Waals surface area contributed by atoms with E-state index >= 15 is 0 Å². The van der Waals surface area contributed by atoms with Crippen LogP contribution in [0.1, 0.15) is 56.6 Å². The molecule has 0 aliphatic heterocycles. The minimum atomic E-state index is -0.108. The van der Waals surface area contributed by atoms with Crippen LogP contribution >= 0.6 is 0 Å². The van der Waals surface area contributed by atoms with Gasteiger partial charge in [-0.05, 0) is 48.8 Å². The molecule has 0 amide bonds. The number of fused-ring (bicyclic) bond motifs is 4. The summed E-state index contributed by atoms with van der Waals surface area (Å²) in [5.41, 5.74) is 8.67. The predicted octanol–water partition coefficient (Wildman–Crippen LogP) is 3.95. The largest absolute Gasteiger partial charge is 0.497 e. The number of ether oxygens (including phenoxy) is 1. The average Bonchev–Trinajstić information content (AvgIpc) is 2.57. The van der Waals surface area contributed by atoms with Gasteiger partial charge in [-0.3, -0.25) is 0 Å². The van der Waals surface area contributed by atoms with E-state index < -0.39 is 0 Å². The summed E-state index contributed by atoms with van der Waals surface area (Å²) in [5, 5.41) is 0. The van der Waals surface area contributed by atoms with Crippen LogP contribution in [0.3, 0.4) is 0 Å². The van der Waals surface area contributed by atoms with Crippen LogP contribution in [0.2, 0.25) is 0 Å². The lowest BCUT2D eigenvalue weighted by molar-refractivity contribution is 0.215. The third-order valence-electron chi connectivity index (χ3n) is 5.70. The number of hydrogen-bond acceptors (Lipinski definition) is 2. The summed E-state index contributed by atoms with van der Waals surface area (Å²) in [7, 11) is 1.60. The predicted molar refractivity (Wildman–Crippen MR) is 83.2 cm³/mol. The average molecular weight is 291 g/mol. The van der Waals surface area contributed by atoms with Gasteiger partial charge >= 0.3 is 0 Å². The molecule has 0 aromatic heterocycles. The number of nitrogens with two attached hydrogens (primary N) is 1. The molecular formula is C18H26FNO. The smallest absolute Gasteiger partial charge is 0.130 e. The molecule has 2 aliphatic carbocycles. The Balaban J connectivity index is 2.20. The maximum atomic E-state index is 14.6. The highest BCUT2D eigenvalue weighted by Gasteiger charge is 2.48. The second kappa shape index (κ2) is 5.60. The van der Waals surface area contributed by atoms with Crippen molar-refractivity contribution in [2.45, 2.75) is 63.3 Å². The minimum Gasteiger partial charge on any atom is -0.497 e. The Hall–Kier alpha value is -1.09. The number of rotatable bonds is 3.